The van der Waals surface area contributed by atoms with E-state index < -0.39 is 0 Å². The minimum atomic E-state index is -0.349. The highest BCUT2D eigenvalue weighted by atomic mass is 35.5. The van der Waals surface area contributed by atoms with Crippen molar-refractivity contribution in [1.82, 2.24) is 9.55 Å². The molecule has 2 aromatic heterocycles. The van der Waals surface area contributed by atoms with Gasteiger partial charge in [-0.05, 0) is 43.4 Å². The van der Waals surface area contributed by atoms with Gasteiger partial charge in [-0.15, -0.1) is 0 Å². The van der Waals surface area contributed by atoms with E-state index in [2.05, 4.69) is 33.7 Å². The third-order valence-electron chi connectivity index (χ3n) is 7.03. The molecule has 9 heteroatoms. The van der Waals surface area contributed by atoms with Crippen LogP contribution >= 0.6 is 11.6 Å². The Hall–Kier alpha value is -3.41. The number of hydrogen-bond acceptors (Lipinski definition) is 7. The molecule has 0 unspecified atom stereocenters. The van der Waals surface area contributed by atoms with E-state index in [1.54, 1.807) is 19.2 Å². The van der Waals surface area contributed by atoms with Crippen molar-refractivity contribution >= 4 is 34.0 Å². The molecule has 1 N–H and O–H groups in total. The van der Waals surface area contributed by atoms with Gasteiger partial charge >= 0.3 is 0 Å². The number of benzene rings is 1. The molecule has 0 amide bonds. The zero-order chi connectivity index (χ0) is 25.1. The van der Waals surface area contributed by atoms with Crippen LogP contribution in [0.1, 0.15) is 36.8 Å². The molecule has 0 bridgehead atoms. The molecule has 1 aliphatic carbocycles. The summed E-state index contributed by atoms with van der Waals surface area (Å²) < 4.78 is 6.67. The summed E-state index contributed by atoms with van der Waals surface area (Å²) in [6.45, 7) is 2.03. The van der Waals surface area contributed by atoms with Crippen LogP contribution in [0.5, 0.6) is 0 Å². The summed E-state index contributed by atoms with van der Waals surface area (Å²) in [6.07, 6.45) is 3.52. The predicted molar refractivity (Wildman–Crippen MR) is 139 cm³/mol. The molecule has 0 spiro atoms. The molecule has 2 fully saturated rings. The van der Waals surface area contributed by atoms with Gasteiger partial charge in [0.05, 0.1) is 30.1 Å². The first-order valence-electron chi connectivity index (χ1n) is 12.2. The van der Waals surface area contributed by atoms with Crippen LogP contribution < -0.4 is 10.9 Å². The van der Waals surface area contributed by atoms with E-state index in [-0.39, 0.29) is 23.1 Å². The number of fused-ring (bicyclic) bond motifs is 1. The Morgan fingerprint density at radius 3 is 2.64 bits per heavy atom. The van der Waals surface area contributed by atoms with Gasteiger partial charge in [-0.3, -0.25) is 4.79 Å². The summed E-state index contributed by atoms with van der Waals surface area (Å²) in [7, 11) is 1.64. The molecule has 1 saturated carbocycles. The first-order chi connectivity index (χ1) is 17.5. The van der Waals surface area contributed by atoms with Crippen molar-refractivity contribution in [2.45, 2.75) is 31.7 Å². The van der Waals surface area contributed by atoms with Crippen molar-refractivity contribution in [3.8, 4) is 6.07 Å². The van der Waals surface area contributed by atoms with Gasteiger partial charge in [0.25, 0.3) is 5.56 Å². The van der Waals surface area contributed by atoms with E-state index in [9.17, 15) is 10.1 Å². The summed E-state index contributed by atoms with van der Waals surface area (Å²) in [5.74, 6) is 0.669. The quantitative estimate of drug-likeness (QED) is 0.288. The zero-order valence-electron chi connectivity index (χ0n) is 20.1. The first-order valence-corrected chi connectivity index (χ1v) is 12.6. The molecular formula is C27H28ClN5O3. The van der Waals surface area contributed by atoms with Crippen LogP contribution in [0, 0.1) is 23.2 Å². The van der Waals surface area contributed by atoms with Crippen LogP contribution in [0.4, 0.5) is 5.69 Å². The Morgan fingerprint density at radius 2 is 1.97 bits per heavy atom. The lowest BCUT2D eigenvalue weighted by Gasteiger charge is -2.31. The highest BCUT2D eigenvalue weighted by Gasteiger charge is 2.28. The van der Waals surface area contributed by atoms with E-state index in [0.717, 1.165) is 50.2 Å². The Morgan fingerprint density at radius 1 is 1.22 bits per heavy atom. The minimum absolute atomic E-state index is 0.0572. The molecule has 5 rings (SSSR count). The summed E-state index contributed by atoms with van der Waals surface area (Å²) in [5, 5.41) is 18.1. The number of pyridine rings is 2. The average Bonchev–Trinajstić information content (AvgIpc) is 2.87. The Labute approximate surface area is 214 Å². The highest BCUT2D eigenvalue weighted by molar-refractivity contribution is 6.29. The molecule has 1 aliphatic heterocycles. The maximum atomic E-state index is 12.8. The predicted octanol–water partition coefficient (Wildman–Crippen LogP) is 4.50. The molecule has 2 aliphatic rings. The van der Waals surface area contributed by atoms with Crippen molar-refractivity contribution < 1.29 is 9.57 Å². The number of nitrogens with zero attached hydrogens (tertiary/aromatic N) is 4. The fourth-order valence-electron chi connectivity index (χ4n) is 4.91. The van der Waals surface area contributed by atoms with Gasteiger partial charge in [0.2, 0.25) is 0 Å². The molecule has 0 atom stereocenters. The number of nitrogens with one attached hydrogen (secondary N) is 1. The lowest BCUT2D eigenvalue weighted by atomic mass is 9.81. The Kier molecular flexibility index (Phi) is 7.21. The summed E-state index contributed by atoms with van der Waals surface area (Å²) in [6, 6.07) is 15.7. The van der Waals surface area contributed by atoms with Gasteiger partial charge < -0.3 is 19.5 Å². The maximum Gasteiger partial charge on any atom is 0.270 e. The van der Waals surface area contributed by atoms with Crippen LogP contribution in [-0.2, 0) is 16.6 Å². The van der Waals surface area contributed by atoms with E-state index in [1.165, 1.54) is 4.57 Å². The molecule has 1 saturated heterocycles. The minimum Gasteiger partial charge on any atom is -0.395 e. The molecule has 3 heterocycles. The number of anilines is 1. The maximum absolute atomic E-state index is 12.8. The van der Waals surface area contributed by atoms with Gasteiger partial charge in [0.15, 0.2) is 0 Å². The average molecular weight is 506 g/mol. The summed E-state index contributed by atoms with van der Waals surface area (Å²) in [4.78, 5) is 23.0. The standard InChI is InChI=1S/C27H28ClN5O3/c1-33-22-11-12-23(28)31-26(22)25(21(13-29)27(33)34)30-20-9-7-19(8-10-20)24(18-5-3-2-4-6-18)32-36-16-17-14-35-15-17/h2-6,11-12,17,19-20,30H,7-10,14-16H2,1H3/b32-24+. The number of aromatic nitrogens is 2. The third kappa shape index (κ3) is 4.95. The lowest BCUT2D eigenvalue weighted by molar-refractivity contribution is -0.0711. The number of hydrogen-bond donors (Lipinski definition) is 1. The number of ether oxygens (including phenoxy) is 1. The number of aryl methyl sites for hydroxylation is 1. The first kappa shape index (κ1) is 24.3. The van der Waals surface area contributed by atoms with E-state index in [1.807, 2.05) is 18.2 Å². The molecule has 36 heavy (non-hydrogen) atoms. The van der Waals surface area contributed by atoms with Gasteiger partial charge in [-0.25, -0.2) is 4.98 Å². The van der Waals surface area contributed by atoms with Gasteiger partial charge in [-0.1, -0.05) is 47.1 Å². The molecule has 1 aromatic carbocycles. The lowest BCUT2D eigenvalue weighted by Crippen LogP contribution is -2.32. The zero-order valence-corrected chi connectivity index (χ0v) is 20.9. The summed E-state index contributed by atoms with van der Waals surface area (Å²) >= 11 is 6.17. The molecule has 186 valence electrons. The monoisotopic (exact) mass is 505 g/mol. The Balaban J connectivity index is 1.35. The number of halogens is 1. The topological polar surface area (TPSA) is 102 Å². The van der Waals surface area contributed by atoms with Crippen LogP contribution in [0.2, 0.25) is 5.15 Å². The van der Waals surface area contributed by atoms with Gasteiger partial charge in [0, 0.05) is 24.9 Å². The fraction of sp³-hybridized carbons (Fsp3) is 0.407. The highest BCUT2D eigenvalue weighted by Crippen LogP contribution is 2.32. The second kappa shape index (κ2) is 10.7. The second-order valence-electron chi connectivity index (χ2n) is 9.46. The summed E-state index contributed by atoms with van der Waals surface area (Å²) in [5.41, 5.74) is 3.38. The number of nitriles is 1. The van der Waals surface area contributed by atoms with Gasteiger partial charge in [0.1, 0.15) is 28.9 Å². The fourth-order valence-corrected chi connectivity index (χ4v) is 5.06. The van der Waals surface area contributed by atoms with Crippen molar-refractivity contribution in [2.75, 3.05) is 25.1 Å². The largest absolute Gasteiger partial charge is 0.395 e. The second-order valence-corrected chi connectivity index (χ2v) is 9.85. The van der Waals surface area contributed by atoms with Gasteiger partial charge in [-0.2, -0.15) is 5.26 Å². The van der Waals surface area contributed by atoms with Crippen molar-refractivity contribution in [3.63, 3.8) is 0 Å². The molecule has 8 nitrogen and oxygen atoms in total. The van der Waals surface area contributed by atoms with E-state index in [4.69, 9.17) is 21.2 Å². The third-order valence-corrected chi connectivity index (χ3v) is 7.24. The number of oxime groups is 1. The van der Waals surface area contributed by atoms with Crippen molar-refractivity contribution in [3.05, 3.63) is 69.1 Å². The van der Waals surface area contributed by atoms with E-state index in [0.29, 0.717) is 34.4 Å². The smallest absolute Gasteiger partial charge is 0.270 e. The van der Waals surface area contributed by atoms with Crippen LogP contribution in [0.15, 0.2) is 52.4 Å². The SMILES string of the molecule is Cn1c(=O)c(C#N)c(NC2CCC(/C(=N/OCC3COC3)c3ccccc3)CC2)c2nc(Cl)ccc21. The van der Waals surface area contributed by atoms with Crippen LogP contribution in [0.3, 0.4) is 0 Å². The Bertz CT molecular complexity index is 1370. The molecule has 0 radical (unpaired) electrons. The number of rotatable bonds is 7. The van der Waals surface area contributed by atoms with E-state index >= 15 is 0 Å². The van der Waals surface area contributed by atoms with Crippen molar-refractivity contribution in [2.24, 2.45) is 24.0 Å². The normalized spacial score (nSPS) is 20.5. The van der Waals surface area contributed by atoms with Crippen LogP contribution in [-0.4, -0.2) is 41.1 Å². The molecule has 3 aromatic rings. The molecular weight excluding hydrogens is 478 g/mol. The van der Waals surface area contributed by atoms with Crippen molar-refractivity contribution in [1.29, 1.82) is 5.26 Å². The van der Waals surface area contributed by atoms with Crippen LogP contribution in [0.25, 0.3) is 11.0 Å².